The molecule has 0 spiro atoms. The van der Waals surface area contributed by atoms with E-state index in [-0.39, 0.29) is 5.41 Å². The maximum absolute atomic E-state index is 5.82. The van der Waals surface area contributed by atoms with Crippen LogP contribution in [0.4, 0.5) is 17.6 Å². The third kappa shape index (κ3) is 5.88. The van der Waals surface area contributed by atoms with Crippen LogP contribution in [0.1, 0.15) is 68.6 Å². The van der Waals surface area contributed by atoms with Gasteiger partial charge in [-0.25, -0.2) is 0 Å². The molecule has 7 heteroatoms. The van der Waals surface area contributed by atoms with Gasteiger partial charge in [0.1, 0.15) is 11.6 Å². The molecule has 1 saturated carbocycles. The Morgan fingerprint density at radius 3 is 2.15 bits per heavy atom. The zero-order valence-electron chi connectivity index (χ0n) is 23.0. The Hall–Kier alpha value is -3.19. The predicted octanol–water partition coefficient (Wildman–Crippen LogP) is 6.42. The van der Waals surface area contributed by atoms with Gasteiger partial charge in [0.2, 0.25) is 5.95 Å². The third-order valence-electron chi connectivity index (χ3n) is 8.98. The summed E-state index contributed by atoms with van der Waals surface area (Å²) in [5.74, 6) is 3.28. The number of fused-ring (bicyclic) bond motifs is 1. The predicted molar refractivity (Wildman–Crippen MR) is 164 cm³/mol. The number of benzene rings is 2. The molecule has 39 heavy (non-hydrogen) atoms. The highest BCUT2D eigenvalue weighted by Crippen LogP contribution is 2.39. The van der Waals surface area contributed by atoms with Crippen LogP contribution in [0, 0.1) is 5.92 Å². The van der Waals surface area contributed by atoms with Crippen LogP contribution in [0.5, 0.6) is 0 Å². The summed E-state index contributed by atoms with van der Waals surface area (Å²) >= 11 is 5.82. The van der Waals surface area contributed by atoms with Crippen molar-refractivity contribution >= 4 is 34.9 Å². The minimum atomic E-state index is 0.116. The molecule has 0 unspecified atom stereocenters. The van der Waals surface area contributed by atoms with Crippen LogP contribution >= 0.6 is 12.2 Å². The number of nitrogens with one attached hydrogen (secondary N) is 2. The minimum Gasteiger partial charge on any atom is -0.361 e. The fourth-order valence-corrected chi connectivity index (χ4v) is 6.68. The zero-order chi connectivity index (χ0) is 26.7. The fraction of sp³-hybridized carbons (Fsp3) is 0.469. The number of piperidine rings is 1. The van der Waals surface area contributed by atoms with E-state index in [1.54, 1.807) is 0 Å². The van der Waals surface area contributed by atoms with E-state index < -0.39 is 0 Å². The van der Waals surface area contributed by atoms with Gasteiger partial charge < -0.3 is 20.4 Å². The number of nitrogens with zero attached hydrogens (tertiary/aromatic N) is 4. The van der Waals surface area contributed by atoms with Gasteiger partial charge in [0, 0.05) is 44.2 Å². The van der Waals surface area contributed by atoms with Gasteiger partial charge in [-0.3, -0.25) is 0 Å². The fourth-order valence-electron chi connectivity index (χ4n) is 6.52. The maximum atomic E-state index is 5.82. The summed E-state index contributed by atoms with van der Waals surface area (Å²) in [7, 11) is 0. The summed E-state index contributed by atoms with van der Waals surface area (Å²) in [5.41, 5.74) is 4.27. The van der Waals surface area contributed by atoms with E-state index in [4.69, 9.17) is 22.2 Å². The standard InChI is InChI=1S/C32H40N6S/c1-24-14-18-37(19-15-24)28-20-29(38-21-25-10-6-7-11-26(25)22-38)35-30(34-28)36-31(39)33-23-32(16-8-3-9-17-32)27-12-4-2-5-13-27/h2,4-7,10-13,20,24H,3,8-9,14-19,21-23H2,1H3,(H2,33,34,35,36,39). The number of thiocarbonyl (C=S) groups is 1. The van der Waals surface area contributed by atoms with Crippen LogP contribution in [-0.4, -0.2) is 34.7 Å². The van der Waals surface area contributed by atoms with Gasteiger partial charge in [-0.15, -0.1) is 0 Å². The highest BCUT2D eigenvalue weighted by molar-refractivity contribution is 7.80. The lowest BCUT2D eigenvalue weighted by atomic mass is 9.69. The Balaban J connectivity index is 1.20. The molecule has 1 saturated heterocycles. The highest BCUT2D eigenvalue weighted by Gasteiger charge is 2.34. The Kier molecular flexibility index (Phi) is 7.69. The second-order valence-electron chi connectivity index (χ2n) is 11.7. The van der Waals surface area contributed by atoms with Crippen LogP contribution < -0.4 is 20.4 Å². The molecule has 6 rings (SSSR count). The van der Waals surface area contributed by atoms with E-state index in [0.717, 1.165) is 50.3 Å². The smallest absolute Gasteiger partial charge is 0.232 e. The molecule has 6 nitrogen and oxygen atoms in total. The third-order valence-corrected chi connectivity index (χ3v) is 9.23. The van der Waals surface area contributed by atoms with Crippen molar-refractivity contribution in [1.82, 2.24) is 15.3 Å². The van der Waals surface area contributed by atoms with Gasteiger partial charge in [0.25, 0.3) is 0 Å². The van der Waals surface area contributed by atoms with Gasteiger partial charge in [-0.2, -0.15) is 9.97 Å². The van der Waals surface area contributed by atoms with E-state index >= 15 is 0 Å². The monoisotopic (exact) mass is 540 g/mol. The van der Waals surface area contributed by atoms with Crippen molar-refractivity contribution in [2.24, 2.45) is 5.92 Å². The average molecular weight is 541 g/mol. The molecule has 0 bridgehead atoms. The van der Waals surface area contributed by atoms with E-state index in [0.29, 0.717) is 11.1 Å². The first-order valence-corrected chi connectivity index (χ1v) is 15.0. The molecular weight excluding hydrogens is 500 g/mol. The Labute approximate surface area is 238 Å². The highest BCUT2D eigenvalue weighted by atomic mass is 32.1. The summed E-state index contributed by atoms with van der Waals surface area (Å²) in [6.07, 6.45) is 8.60. The molecule has 1 aromatic heterocycles. The van der Waals surface area contributed by atoms with Crippen molar-refractivity contribution in [2.75, 3.05) is 34.8 Å². The average Bonchev–Trinajstić information content (AvgIpc) is 3.42. The maximum Gasteiger partial charge on any atom is 0.232 e. The number of hydrogen-bond donors (Lipinski definition) is 2. The van der Waals surface area contributed by atoms with Crippen LogP contribution in [0.2, 0.25) is 0 Å². The summed E-state index contributed by atoms with van der Waals surface area (Å²) in [6.45, 7) is 6.95. The Bertz CT molecular complexity index is 1260. The molecule has 1 aliphatic carbocycles. The van der Waals surface area contributed by atoms with E-state index in [9.17, 15) is 0 Å². The number of aromatic nitrogens is 2. The van der Waals surface area contributed by atoms with Gasteiger partial charge in [-0.1, -0.05) is 80.8 Å². The first kappa shape index (κ1) is 26.1. The first-order valence-electron chi connectivity index (χ1n) is 14.6. The van der Waals surface area contributed by atoms with Gasteiger partial charge in [0.05, 0.1) is 0 Å². The topological polar surface area (TPSA) is 56.3 Å². The molecule has 0 amide bonds. The lowest BCUT2D eigenvalue weighted by Crippen LogP contribution is -2.43. The Morgan fingerprint density at radius 1 is 0.872 bits per heavy atom. The van der Waals surface area contributed by atoms with E-state index in [1.165, 1.54) is 61.6 Å². The molecule has 2 aromatic carbocycles. The zero-order valence-corrected chi connectivity index (χ0v) is 23.8. The quantitative estimate of drug-likeness (QED) is 0.350. The number of hydrogen-bond acceptors (Lipinski definition) is 5. The molecule has 3 heterocycles. The van der Waals surface area contributed by atoms with Crippen molar-refractivity contribution in [1.29, 1.82) is 0 Å². The molecule has 2 aliphatic heterocycles. The summed E-state index contributed by atoms with van der Waals surface area (Å²) < 4.78 is 0. The summed E-state index contributed by atoms with van der Waals surface area (Å²) in [6, 6.07) is 21.8. The van der Waals surface area contributed by atoms with Crippen molar-refractivity contribution in [3.8, 4) is 0 Å². The van der Waals surface area contributed by atoms with Gasteiger partial charge in [-0.05, 0) is 60.5 Å². The lowest BCUT2D eigenvalue weighted by Gasteiger charge is -2.38. The Morgan fingerprint density at radius 2 is 1.49 bits per heavy atom. The van der Waals surface area contributed by atoms with Crippen LogP contribution in [0.25, 0.3) is 0 Å². The second-order valence-corrected chi connectivity index (χ2v) is 12.1. The number of rotatable bonds is 6. The van der Waals surface area contributed by atoms with Crippen molar-refractivity contribution in [3.63, 3.8) is 0 Å². The first-order chi connectivity index (χ1) is 19.1. The van der Waals surface area contributed by atoms with Gasteiger partial charge in [0.15, 0.2) is 5.11 Å². The van der Waals surface area contributed by atoms with Crippen LogP contribution in [0.15, 0.2) is 60.7 Å². The van der Waals surface area contributed by atoms with E-state index in [1.807, 2.05) is 0 Å². The normalized spacial score (nSPS) is 19.0. The lowest BCUT2D eigenvalue weighted by molar-refractivity contribution is 0.292. The largest absolute Gasteiger partial charge is 0.361 e. The molecule has 2 N–H and O–H groups in total. The molecule has 3 aliphatic rings. The van der Waals surface area contributed by atoms with Crippen LogP contribution in [0.3, 0.4) is 0 Å². The van der Waals surface area contributed by atoms with Crippen molar-refractivity contribution in [2.45, 2.75) is 70.4 Å². The summed E-state index contributed by atoms with van der Waals surface area (Å²) in [5, 5.41) is 7.52. The summed E-state index contributed by atoms with van der Waals surface area (Å²) in [4.78, 5) is 14.7. The SMILES string of the molecule is CC1CCN(c2cc(N3Cc4ccccc4C3)nc(NC(=S)NCC3(c4ccccc4)CCCCC3)n2)CC1. The molecule has 204 valence electrons. The van der Waals surface area contributed by atoms with Gasteiger partial charge >= 0.3 is 0 Å². The van der Waals surface area contributed by atoms with E-state index in [2.05, 4.69) is 88.0 Å². The second kappa shape index (κ2) is 11.5. The molecular formula is C32H40N6S. The van der Waals surface area contributed by atoms with Crippen LogP contribution in [-0.2, 0) is 18.5 Å². The molecule has 2 fully saturated rings. The minimum absolute atomic E-state index is 0.116. The molecule has 0 atom stereocenters. The molecule has 0 radical (unpaired) electrons. The van der Waals surface area contributed by atoms with Crippen molar-refractivity contribution in [3.05, 3.63) is 77.4 Å². The van der Waals surface area contributed by atoms with Crippen molar-refractivity contribution < 1.29 is 0 Å². The number of anilines is 3. The molecule has 3 aromatic rings.